The smallest absolute Gasteiger partial charge is 0.220 e. The Balaban J connectivity index is 1.76. The first-order chi connectivity index (χ1) is 11.1. The van der Waals surface area contributed by atoms with E-state index in [-0.39, 0.29) is 12.5 Å². The monoisotopic (exact) mass is 320 g/mol. The number of aliphatic hydroxyl groups excluding tert-OH is 1. The van der Waals surface area contributed by atoms with Gasteiger partial charge in [-0.3, -0.25) is 4.79 Å². The molecule has 0 spiro atoms. The van der Waals surface area contributed by atoms with Crippen LogP contribution in [0.25, 0.3) is 0 Å². The number of benzene rings is 1. The third kappa shape index (κ3) is 5.52. The zero-order chi connectivity index (χ0) is 16.7. The van der Waals surface area contributed by atoms with E-state index in [0.29, 0.717) is 24.0 Å². The Kier molecular flexibility index (Phi) is 6.86. The minimum absolute atomic E-state index is 0.00465. The minimum atomic E-state index is -0.722. The van der Waals surface area contributed by atoms with Crippen LogP contribution < -0.4 is 15.4 Å². The van der Waals surface area contributed by atoms with Crippen molar-refractivity contribution in [2.24, 2.45) is 11.8 Å². The highest BCUT2D eigenvalue weighted by Gasteiger charge is 2.22. The van der Waals surface area contributed by atoms with Crippen molar-refractivity contribution in [3.05, 3.63) is 29.8 Å². The van der Waals surface area contributed by atoms with E-state index in [2.05, 4.69) is 17.6 Å². The number of carbonyl (C=O) groups excluding carboxylic acids is 1. The fourth-order valence-corrected chi connectivity index (χ4v) is 3.07. The van der Waals surface area contributed by atoms with Crippen LogP contribution in [0.4, 0.5) is 0 Å². The topological polar surface area (TPSA) is 70.6 Å². The van der Waals surface area contributed by atoms with E-state index in [4.69, 9.17) is 4.74 Å². The summed E-state index contributed by atoms with van der Waals surface area (Å²) in [6.45, 7) is 4.44. The number of amides is 1. The molecule has 5 nitrogen and oxygen atoms in total. The van der Waals surface area contributed by atoms with Crippen LogP contribution in [0.15, 0.2) is 24.3 Å². The van der Waals surface area contributed by atoms with Gasteiger partial charge in [-0.2, -0.15) is 0 Å². The molecule has 3 atom stereocenters. The molecular weight excluding hydrogens is 292 g/mol. The number of rotatable bonds is 7. The van der Waals surface area contributed by atoms with Crippen LogP contribution >= 0.6 is 0 Å². The molecule has 0 aliphatic carbocycles. The van der Waals surface area contributed by atoms with Gasteiger partial charge in [-0.15, -0.1) is 0 Å². The number of carbonyl (C=O) groups is 1. The Hall–Kier alpha value is -1.59. The second-order valence-corrected chi connectivity index (χ2v) is 6.38. The largest absolute Gasteiger partial charge is 0.497 e. The van der Waals surface area contributed by atoms with E-state index in [1.807, 2.05) is 18.2 Å². The maximum atomic E-state index is 12.1. The number of hydrogen-bond donors (Lipinski definition) is 3. The molecule has 1 aromatic rings. The Bertz CT molecular complexity index is 501. The number of piperidine rings is 1. The maximum Gasteiger partial charge on any atom is 0.220 e. The standard InChI is InChI=1S/C18H28N2O3/c1-13(15-6-4-8-19-11-15)9-18(22)20-12-17(21)14-5-3-7-16(10-14)23-2/h3,5,7,10,13,15,17,19,21H,4,6,8-9,11-12H2,1-2H3,(H,20,22). The molecule has 0 saturated carbocycles. The quantitative estimate of drug-likeness (QED) is 0.717. The number of ether oxygens (including phenoxy) is 1. The van der Waals surface area contributed by atoms with Gasteiger partial charge in [-0.05, 0) is 55.5 Å². The second-order valence-electron chi connectivity index (χ2n) is 6.38. The van der Waals surface area contributed by atoms with Crippen molar-refractivity contribution in [2.45, 2.75) is 32.3 Å². The van der Waals surface area contributed by atoms with Crippen molar-refractivity contribution in [1.29, 1.82) is 0 Å². The van der Waals surface area contributed by atoms with Gasteiger partial charge in [0, 0.05) is 13.0 Å². The summed E-state index contributed by atoms with van der Waals surface area (Å²) in [7, 11) is 1.59. The first kappa shape index (κ1) is 17.8. The fraction of sp³-hybridized carbons (Fsp3) is 0.611. The first-order valence-electron chi connectivity index (χ1n) is 8.39. The SMILES string of the molecule is COc1cccc(C(O)CNC(=O)CC(C)C2CCCNC2)c1. The average Bonchev–Trinajstić information content (AvgIpc) is 2.60. The summed E-state index contributed by atoms with van der Waals surface area (Å²) in [6.07, 6.45) is 2.16. The number of hydrogen-bond acceptors (Lipinski definition) is 4. The molecule has 1 amide bonds. The molecule has 0 bridgehead atoms. The van der Waals surface area contributed by atoms with Gasteiger partial charge in [0.05, 0.1) is 13.2 Å². The molecule has 2 rings (SSSR count). The molecule has 5 heteroatoms. The summed E-state index contributed by atoms with van der Waals surface area (Å²) in [5.41, 5.74) is 0.745. The molecular formula is C18H28N2O3. The molecule has 0 radical (unpaired) electrons. The minimum Gasteiger partial charge on any atom is -0.497 e. The molecule has 0 aromatic heterocycles. The van der Waals surface area contributed by atoms with Gasteiger partial charge in [0.15, 0.2) is 0 Å². The van der Waals surface area contributed by atoms with Crippen molar-refractivity contribution >= 4 is 5.91 Å². The van der Waals surface area contributed by atoms with E-state index in [1.54, 1.807) is 13.2 Å². The highest BCUT2D eigenvalue weighted by atomic mass is 16.5. The van der Waals surface area contributed by atoms with Gasteiger partial charge < -0.3 is 20.5 Å². The molecule has 3 unspecified atom stereocenters. The van der Waals surface area contributed by atoms with E-state index >= 15 is 0 Å². The summed E-state index contributed by atoms with van der Waals surface area (Å²) < 4.78 is 5.15. The Labute approximate surface area is 138 Å². The van der Waals surface area contributed by atoms with Gasteiger partial charge in [0.1, 0.15) is 5.75 Å². The zero-order valence-corrected chi connectivity index (χ0v) is 14.0. The van der Waals surface area contributed by atoms with Crippen LogP contribution in [0.1, 0.15) is 37.9 Å². The van der Waals surface area contributed by atoms with E-state index in [0.717, 1.165) is 18.7 Å². The third-order valence-electron chi connectivity index (χ3n) is 4.62. The predicted molar refractivity (Wildman–Crippen MR) is 90.3 cm³/mol. The van der Waals surface area contributed by atoms with E-state index in [9.17, 15) is 9.90 Å². The molecule has 23 heavy (non-hydrogen) atoms. The maximum absolute atomic E-state index is 12.1. The molecule has 1 aromatic carbocycles. The number of methoxy groups -OCH3 is 1. The number of aliphatic hydroxyl groups is 1. The lowest BCUT2D eigenvalue weighted by atomic mass is 9.85. The van der Waals surface area contributed by atoms with Crippen LogP contribution in [0.2, 0.25) is 0 Å². The van der Waals surface area contributed by atoms with Crippen LogP contribution in [-0.4, -0.2) is 37.8 Å². The molecule has 1 heterocycles. The molecule has 1 aliphatic rings. The molecule has 3 N–H and O–H groups in total. The highest BCUT2D eigenvalue weighted by Crippen LogP contribution is 2.22. The summed E-state index contributed by atoms with van der Waals surface area (Å²) in [5, 5.41) is 16.4. The van der Waals surface area contributed by atoms with Crippen LogP contribution in [0, 0.1) is 11.8 Å². The number of nitrogens with one attached hydrogen (secondary N) is 2. The summed E-state index contributed by atoms with van der Waals surface area (Å²) >= 11 is 0. The lowest BCUT2D eigenvalue weighted by molar-refractivity contribution is -0.122. The molecule has 1 aliphatic heterocycles. The summed E-state index contributed by atoms with van der Waals surface area (Å²) in [6, 6.07) is 7.27. The Morgan fingerprint density at radius 2 is 2.35 bits per heavy atom. The molecule has 1 saturated heterocycles. The Morgan fingerprint density at radius 3 is 3.04 bits per heavy atom. The molecule has 128 valence electrons. The van der Waals surface area contributed by atoms with Crippen LogP contribution in [0.3, 0.4) is 0 Å². The highest BCUT2D eigenvalue weighted by molar-refractivity contribution is 5.76. The first-order valence-corrected chi connectivity index (χ1v) is 8.39. The van der Waals surface area contributed by atoms with Crippen molar-refractivity contribution in [2.75, 3.05) is 26.7 Å². The van der Waals surface area contributed by atoms with Gasteiger partial charge in [-0.25, -0.2) is 0 Å². The Morgan fingerprint density at radius 1 is 1.52 bits per heavy atom. The average molecular weight is 320 g/mol. The van der Waals surface area contributed by atoms with Crippen LogP contribution in [0.5, 0.6) is 5.75 Å². The summed E-state index contributed by atoms with van der Waals surface area (Å²) in [5.74, 6) is 1.63. The van der Waals surface area contributed by atoms with Gasteiger partial charge in [0.2, 0.25) is 5.91 Å². The predicted octanol–water partition coefficient (Wildman–Crippen LogP) is 1.87. The molecule has 1 fully saturated rings. The van der Waals surface area contributed by atoms with Crippen molar-refractivity contribution in [3.63, 3.8) is 0 Å². The van der Waals surface area contributed by atoms with Crippen LogP contribution in [-0.2, 0) is 4.79 Å². The zero-order valence-electron chi connectivity index (χ0n) is 14.0. The third-order valence-corrected chi connectivity index (χ3v) is 4.62. The van der Waals surface area contributed by atoms with Gasteiger partial charge in [-0.1, -0.05) is 19.1 Å². The van der Waals surface area contributed by atoms with E-state index in [1.165, 1.54) is 12.8 Å². The fourth-order valence-electron chi connectivity index (χ4n) is 3.07. The van der Waals surface area contributed by atoms with Crippen molar-refractivity contribution in [1.82, 2.24) is 10.6 Å². The van der Waals surface area contributed by atoms with Crippen molar-refractivity contribution < 1.29 is 14.6 Å². The lowest BCUT2D eigenvalue weighted by Crippen LogP contribution is -2.36. The van der Waals surface area contributed by atoms with Gasteiger partial charge >= 0.3 is 0 Å². The van der Waals surface area contributed by atoms with E-state index < -0.39 is 6.10 Å². The van der Waals surface area contributed by atoms with Gasteiger partial charge in [0.25, 0.3) is 0 Å². The normalized spacial score (nSPS) is 20.6. The summed E-state index contributed by atoms with van der Waals surface area (Å²) in [4.78, 5) is 12.1. The lowest BCUT2D eigenvalue weighted by Gasteiger charge is -2.28. The second kappa shape index (κ2) is 8.89. The van der Waals surface area contributed by atoms with Crippen molar-refractivity contribution in [3.8, 4) is 5.75 Å².